The van der Waals surface area contributed by atoms with Crippen LogP contribution in [0.5, 0.6) is 0 Å². The van der Waals surface area contributed by atoms with Gasteiger partial charge in [0.05, 0.1) is 12.0 Å². The summed E-state index contributed by atoms with van der Waals surface area (Å²) in [5.41, 5.74) is 2.33. The lowest BCUT2D eigenvalue weighted by atomic mass is 10.2. The van der Waals surface area contributed by atoms with Gasteiger partial charge in [-0.15, -0.1) is 0 Å². The van der Waals surface area contributed by atoms with Crippen molar-refractivity contribution in [2.75, 3.05) is 5.32 Å². The van der Waals surface area contributed by atoms with Crippen molar-refractivity contribution in [2.45, 2.75) is 13.8 Å². The minimum atomic E-state index is -0.469. The van der Waals surface area contributed by atoms with Gasteiger partial charge in [-0.2, -0.15) is 5.10 Å². The highest BCUT2D eigenvalue weighted by molar-refractivity contribution is 6.02. The summed E-state index contributed by atoms with van der Waals surface area (Å²) in [6.45, 7) is 3.70. The number of hydrogen-bond acceptors (Lipinski definition) is 3. The highest BCUT2D eigenvalue weighted by atomic mass is 19.1. The van der Waals surface area contributed by atoms with Gasteiger partial charge in [-0.25, -0.2) is 9.07 Å². The Morgan fingerprint density at radius 2 is 2.09 bits per heavy atom. The van der Waals surface area contributed by atoms with Crippen molar-refractivity contribution < 1.29 is 13.6 Å². The smallest absolute Gasteiger partial charge is 0.291 e. The van der Waals surface area contributed by atoms with E-state index in [1.807, 2.05) is 19.9 Å². The molecule has 0 aliphatic carbocycles. The van der Waals surface area contributed by atoms with Crippen LogP contribution in [-0.2, 0) is 0 Å². The Morgan fingerprint density at radius 3 is 2.68 bits per heavy atom. The van der Waals surface area contributed by atoms with Gasteiger partial charge in [0, 0.05) is 11.4 Å². The number of carbonyl (C=O) groups is 1. The second-order valence-corrected chi connectivity index (χ2v) is 4.94. The molecule has 0 fully saturated rings. The van der Waals surface area contributed by atoms with E-state index >= 15 is 0 Å². The first-order valence-corrected chi connectivity index (χ1v) is 6.72. The first-order valence-electron chi connectivity index (χ1n) is 6.72. The van der Waals surface area contributed by atoms with Gasteiger partial charge in [-0.05, 0) is 50.2 Å². The lowest BCUT2D eigenvalue weighted by Crippen LogP contribution is -2.11. The molecule has 0 aliphatic rings. The van der Waals surface area contributed by atoms with Crippen LogP contribution in [0.3, 0.4) is 0 Å². The molecule has 0 atom stereocenters. The van der Waals surface area contributed by atoms with E-state index in [1.165, 1.54) is 23.1 Å². The van der Waals surface area contributed by atoms with Crippen LogP contribution < -0.4 is 5.32 Å². The Bertz CT molecular complexity index is 822. The molecule has 2 heterocycles. The van der Waals surface area contributed by atoms with Crippen LogP contribution in [0.4, 0.5) is 10.1 Å². The first-order chi connectivity index (χ1) is 10.5. The van der Waals surface area contributed by atoms with Crippen LogP contribution in [0.25, 0.3) is 5.69 Å². The van der Waals surface area contributed by atoms with Crippen molar-refractivity contribution in [3.63, 3.8) is 0 Å². The lowest BCUT2D eigenvalue weighted by molar-refractivity contribution is 0.0996. The van der Waals surface area contributed by atoms with E-state index in [4.69, 9.17) is 4.42 Å². The van der Waals surface area contributed by atoms with Gasteiger partial charge in [0.2, 0.25) is 0 Å². The quantitative estimate of drug-likeness (QED) is 0.805. The number of anilines is 1. The fraction of sp³-hybridized carbons (Fsp3) is 0.125. The van der Waals surface area contributed by atoms with E-state index in [0.717, 1.165) is 11.4 Å². The van der Waals surface area contributed by atoms with Gasteiger partial charge >= 0.3 is 0 Å². The number of rotatable bonds is 3. The van der Waals surface area contributed by atoms with Gasteiger partial charge in [0.15, 0.2) is 11.6 Å². The standard InChI is InChI=1S/C16H14FN3O2/c1-10-8-11(2)20(19-10)14-6-5-12(9-13(14)17)18-16(21)15-4-3-7-22-15/h3-9H,1-2H3,(H,18,21). The summed E-state index contributed by atoms with van der Waals surface area (Å²) >= 11 is 0. The topological polar surface area (TPSA) is 60.1 Å². The summed E-state index contributed by atoms with van der Waals surface area (Å²) in [6, 6.07) is 9.47. The van der Waals surface area contributed by atoms with Gasteiger partial charge < -0.3 is 9.73 Å². The molecule has 1 amide bonds. The van der Waals surface area contributed by atoms with Crippen LogP contribution in [-0.4, -0.2) is 15.7 Å². The number of benzene rings is 1. The third-order valence-electron chi connectivity index (χ3n) is 3.19. The summed E-state index contributed by atoms with van der Waals surface area (Å²) < 4.78 is 20.8. The maximum absolute atomic E-state index is 14.3. The third kappa shape index (κ3) is 2.63. The van der Waals surface area contributed by atoms with Gasteiger partial charge in [0.25, 0.3) is 5.91 Å². The number of hydrogen-bond donors (Lipinski definition) is 1. The van der Waals surface area contributed by atoms with Crippen molar-refractivity contribution in [2.24, 2.45) is 0 Å². The van der Waals surface area contributed by atoms with Gasteiger partial charge in [-0.1, -0.05) is 0 Å². The largest absolute Gasteiger partial charge is 0.459 e. The molecule has 0 saturated carbocycles. The highest BCUT2D eigenvalue weighted by Gasteiger charge is 2.13. The monoisotopic (exact) mass is 299 g/mol. The van der Waals surface area contributed by atoms with Gasteiger partial charge in [-0.3, -0.25) is 4.79 Å². The average molecular weight is 299 g/mol. The molecule has 1 aromatic carbocycles. The zero-order valence-electron chi connectivity index (χ0n) is 12.1. The van der Waals surface area contributed by atoms with Crippen LogP contribution in [0, 0.1) is 19.7 Å². The maximum Gasteiger partial charge on any atom is 0.291 e. The minimum absolute atomic E-state index is 0.169. The van der Waals surface area contributed by atoms with Crippen molar-refractivity contribution in [3.8, 4) is 5.69 Å². The maximum atomic E-state index is 14.3. The van der Waals surface area contributed by atoms with Gasteiger partial charge in [0.1, 0.15) is 5.69 Å². The minimum Gasteiger partial charge on any atom is -0.459 e. The number of amides is 1. The van der Waals surface area contributed by atoms with E-state index in [-0.39, 0.29) is 5.76 Å². The molecule has 3 aromatic rings. The van der Waals surface area contributed by atoms with E-state index in [1.54, 1.807) is 18.2 Å². The normalized spacial score (nSPS) is 10.7. The number of nitrogens with zero attached hydrogens (tertiary/aromatic N) is 2. The molecule has 0 unspecified atom stereocenters. The number of carbonyl (C=O) groups excluding carboxylic acids is 1. The van der Waals surface area contributed by atoms with Crippen LogP contribution in [0.15, 0.2) is 47.1 Å². The summed E-state index contributed by atoms with van der Waals surface area (Å²) in [7, 11) is 0. The molecule has 0 spiro atoms. The number of halogens is 1. The molecular formula is C16H14FN3O2. The van der Waals surface area contributed by atoms with Crippen LogP contribution in [0.1, 0.15) is 21.9 Å². The Kier molecular flexibility index (Phi) is 3.50. The average Bonchev–Trinajstić information content (AvgIpc) is 3.09. The SMILES string of the molecule is Cc1cc(C)n(-c2ccc(NC(=O)c3ccco3)cc2F)n1. The fourth-order valence-electron chi connectivity index (χ4n) is 2.23. The molecular weight excluding hydrogens is 285 g/mol. The summed E-state index contributed by atoms with van der Waals surface area (Å²) in [5.74, 6) is -0.727. The van der Waals surface area contributed by atoms with Crippen molar-refractivity contribution in [1.82, 2.24) is 9.78 Å². The molecule has 0 radical (unpaired) electrons. The zero-order valence-corrected chi connectivity index (χ0v) is 12.1. The van der Waals surface area contributed by atoms with E-state index in [2.05, 4.69) is 10.4 Å². The van der Waals surface area contributed by atoms with Crippen molar-refractivity contribution >= 4 is 11.6 Å². The molecule has 22 heavy (non-hydrogen) atoms. The second-order valence-electron chi connectivity index (χ2n) is 4.94. The summed E-state index contributed by atoms with van der Waals surface area (Å²) in [4.78, 5) is 11.9. The van der Waals surface area contributed by atoms with E-state index in [0.29, 0.717) is 11.4 Å². The molecule has 0 aliphatic heterocycles. The summed E-state index contributed by atoms with van der Waals surface area (Å²) in [5, 5.41) is 6.83. The molecule has 0 bridgehead atoms. The molecule has 5 nitrogen and oxygen atoms in total. The summed E-state index contributed by atoms with van der Waals surface area (Å²) in [6.07, 6.45) is 1.40. The molecule has 2 aromatic heterocycles. The first kappa shape index (κ1) is 14.1. The van der Waals surface area contributed by atoms with Crippen LogP contribution in [0.2, 0.25) is 0 Å². The Morgan fingerprint density at radius 1 is 1.27 bits per heavy atom. The second kappa shape index (κ2) is 5.48. The fourth-order valence-corrected chi connectivity index (χ4v) is 2.23. The van der Waals surface area contributed by atoms with Crippen molar-refractivity contribution in [1.29, 1.82) is 0 Å². The molecule has 112 valence electrons. The molecule has 6 heteroatoms. The Balaban J connectivity index is 1.86. The third-order valence-corrected chi connectivity index (χ3v) is 3.19. The predicted octanol–water partition coefficient (Wildman–Crippen LogP) is 3.47. The van der Waals surface area contributed by atoms with E-state index in [9.17, 15) is 9.18 Å². The van der Waals surface area contributed by atoms with Crippen LogP contribution >= 0.6 is 0 Å². The number of aryl methyl sites for hydroxylation is 2. The zero-order chi connectivity index (χ0) is 15.7. The Labute approximate surface area is 126 Å². The predicted molar refractivity (Wildman–Crippen MR) is 79.7 cm³/mol. The lowest BCUT2D eigenvalue weighted by Gasteiger charge is -2.08. The van der Waals surface area contributed by atoms with Crippen molar-refractivity contribution in [3.05, 3.63) is 65.6 Å². The molecule has 0 saturated heterocycles. The highest BCUT2D eigenvalue weighted by Crippen LogP contribution is 2.20. The number of aromatic nitrogens is 2. The van der Waals surface area contributed by atoms with E-state index < -0.39 is 11.7 Å². The number of nitrogens with one attached hydrogen (secondary N) is 1. The number of furan rings is 1. The molecule has 3 rings (SSSR count). The molecule has 1 N–H and O–H groups in total. The Hall–Kier alpha value is -2.89.